The predicted molar refractivity (Wildman–Crippen MR) is 94.5 cm³/mol. The summed E-state index contributed by atoms with van der Waals surface area (Å²) in [5.74, 6) is 2.29. The highest BCUT2D eigenvalue weighted by atomic mass is 16.5. The molecule has 2 aliphatic rings. The van der Waals surface area contributed by atoms with E-state index in [4.69, 9.17) is 9.51 Å². The molecule has 1 aromatic heterocycles. The van der Waals surface area contributed by atoms with Crippen molar-refractivity contribution in [1.82, 2.24) is 15.0 Å². The van der Waals surface area contributed by atoms with Crippen molar-refractivity contribution in [2.24, 2.45) is 5.92 Å². The molecule has 2 atom stereocenters. The van der Waals surface area contributed by atoms with Crippen molar-refractivity contribution in [1.29, 1.82) is 0 Å². The molecule has 2 heterocycles. The van der Waals surface area contributed by atoms with E-state index in [1.54, 1.807) is 0 Å². The fourth-order valence-corrected chi connectivity index (χ4v) is 4.45. The third-order valence-corrected chi connectivity index (χ3v) is 5.92. The Labute approximate surface area is 148 Å². The molecule has 1 amide bonds. The predicted octanol–water partition coefficient (Wildman–Crippen LogP) is 3.70. The fraction of sp³-hybridized carbons (Fsp3) is 0.550. The third kappa shape index (κ3) is 2.57. The van der Waals surface area contributed by atoms with E-state index >= 15 is 0 Å². The summed E-state index contributed by atoms with van der Waals surface area (Å²) in [6.45, 7) is 7.60. The SMILES string of the molecule is Cc1ccccc1C(=O)N1C[C@H]2CCC[C@@]2(c2nc(C(C)C)no2)C1. The van der Waals surface area contributed by atoms with E-state index in [1.165, 1.54) is 0 Å². The zero-order chi connectivity index (χ0) is 17.6. The van der Waals surface area contributed by atoms with Crippen LogP contribution in [0.15, 0.2) is 28.8 Å². The van der Waals surface area contributed by atoms with E-state index in [0.29, 0.717) is 12.5 Å². The van der Waals surface area contributed by atoms with Crippen LogP contribution < -0.4 is 0 Å². The topological polar surface area (TPSA) is 59.2 Å². The Hall–Kier alpha value is -2.17. The number of fused-ring (bicyclic) bond motifs is 1. The molecule has 132 valence electrons. The van der Waals surface area contributed by atoms with Crippen molar-refractivity contribution in [2.75, 3.05) is 13.1 Å². The van der Waals surface area contributed by atoms with Gasteiger partial charge in [0, 0.05) is 24.6 Å². The average molecular weight is 339 g/mol. The maximum absolute atomic E-state index is 13.0. The van der Waals surface area contributed by atoms with Crippen molar-refractivity contribution in [3.8, 4) is 0 Å². The van der Waals surface area contributed by atoms with Gasteiger partial charge in [-0.3, -0.25) is 4.79 Å². The molecule has 1 aromatic carbocycles. The highest BCUT2D eigenvalue weighted by Gasteiger charge is 2.55. The van der Waals surface area contributed by atoms with Gasteiger partial charge < -0.3 is 9.42 Å². The molecular formula is C20H25N3O2. The smallest absolute Gasteiger partial charge is 0.254 e. The quantitative estimate of drug-likeness (QED) is 0.855. The van der Waals surface area contributed by atoms with Crippen LogP contribution in [0.25, 0.3) is 0 Å². The van der Waals surface area contributed by atoms with E-state index in [0.717, 1.165) is 48.6 Å². The second-order valence-corrected chi connectivity index (χ2v) is 7.86. The van der Waals surface area contributed by atoms with Crippen molar-refractivity contribution in [2.45, 2.75) is 51.4 Å². The van der Waals surface area contributed by atoms with Gasteiger partial charge in [-0.15, -0.1) is 0 Å². The minimum absolute atomic E-state index is 0.121. The first-order valence-electron chi connectivity index (χ1n) is 9.20. The number of amides is 1. The van der Waals surface area contributed by atoms with Crippen molar-refractivity contribution in [3.05, 3.63) is 47.1 Å². The van der Waals surface area contributed by atoms with Gasteiger partial charge in [0.25, 0.3) is 5.91 Å². The number of carbonyl (C=O) groups is 1. The van der Waals surface area contributed by atoms with Crippen LogP contribution in [-0.2, 0) is 5.41 Å². The molecule has 2 fully saturated rings. The number of likely N-dealkylation sites (tertiary alicyclic amines) is 1. The van der Waals surface area contributed by atoms with Gasteiger partial charge >= 0.3 is 0 Å². The van der Waals surface area contributed by atoms with Crippen LogP contribution in [0.5, 0.6) is 0 Å². The summed E-state index contributed by atoms with van der Waals surface area (Å²) in [5, 5.41) is 4.17. The molecular weight excluding hydrogens is 314 g/mol. The number of benzene rings is 1. The molecule has 1 saturated heterocycles. The Morgan fingerprint density at radius 2 is 2.16 bits per heavy atom. The summed E-state index contributed by atoms with van der Waals surface area (Å²) in [5.41, 5.74) is 1.67. The number of carbonyl (C=O) groups excluding carboxylic acids is 1. The summed E-state index contributed by atoms with van der Waals surface area (Å²) in [6, 6.07) is 7.81. The van der Waals surface area contributed by atoms with Gasteiger partial charge in [0.05, 0.1) is 5.41 Å². The number of hydrogen-bond donors (Lipinski definition) is 0. The Balaban J connectivity index is 1.63. The van der Waals surface area contributed by atoms with Crippen molar-refractivity contribution in [3.63, 3.8) is 0 Å². The largest absolute Gasteiger partial charge is 0.339 e. The maximum atomic E-state index is 13.0. The standard InChI is InChI=1S/C20H25N3O2/c1-13(2)17-21-19(25-22-17)20-10-6-8-15(20)11-23(12-20)18(24)16-9-5-4-7-14(16)3/h4-5,7,9,13,15H,6,8,10-12H2,1-3H3/t15-,20-/m1/s1. The number of aromatic nitrogens is 2. The molecule has 4 rings (SSSR count). The van der Waals surface area contributed by atoms with Crippen LogP contribution in [0, 0.1) is 12.8 Å². The summed E-state index contributed by atoms with van der Waals surface area (Å²) in [7, 11) is 0. The molecule has 1 aliphatic carbocycles. The first-order valence-corrected chi connectivity index (χ1v) is 9.20. The van der Waals surface area contributed by atoms with E-state index < -0.39 is 0 Å². The highest BCUT2D eigenvalue weighted by molar-refractivity contribution is 5.96. The van der Waals surface area contributed by atoms with E-state index in [9.17, 15) is 4.79 Å². The Bertz CT molecular complexity index is 798. The lowest BCUT2D eigenvalue weighted by Crippen LogP contribution is -2.35. The number of aryl methyl sites for hydroxylation is 1. The highest BCUT2D eigenvalue weighted by Crippen LogP contribution is 2.50. The lowest BCUT2D eigenvalue weighted by Gasteiger charge is -2.24. The Morgan fingerprint density at radius 1 is 1.36 bits per heavy atom. The average Bonchev–Trinajstić information content (AvgIpc) is 3.28. The van der Waals surface area contributed by atoms with Crippen LogP contribution >= 0.6 is 0 Å². The molecule has 0 bridgehead atoms. The summed E-state index contributed by atoms with van der Waals surface area (Å²) in [4.78, 5) is 19.7. The second-order valence-electron chi connectivity index (χ2n) is 7.86. The number of hydrogen-bond acceptors (Lipinski definition) is 4. The third-order valence-electron chi connectivity index (χ3n) is 5.92. The molecule has 2 aromatic rings. The molecule has 0 radical (unpaired) electrons. The van der Waals surface area contributed by atoms with Crippen LogP contribution in [0.1, 0.15) is 66.7 Å². The number of rotatable bonds is 3. The Kier molecular flexibility index (Phi) is 3.89. The normalized spacial score (nSPS) is 25.6. The van der Waals surface area contributed by atoms with E-state index in [-0.39, 0.29) is 17.2 Å². The molecule has 0 spiro atoms. The van der Waals surface area contributed by atoms with Gasteiger partial charge in [0.15, 0.2) is 5.82 Å². The van der Waals surface area contributed by atoms with Crippen molar-refractivity contribution < 1.29 is 9.32 Å². The summed E-state index contributed by atoms with van der Waals surface area (Å²) >= 11 is 0. The first kappa shape index (κ1) is 16.3. The molecule has 1 saturated carbocycles. The van der Waals surface area contributed by atoms with Gasteiger partial charge in [0.1, 0.15) is 0 Å². The van der Waals surface area contributed by atoms with Crippen molar-refractivity contribution >= 4 is 5.91 Å². The monoisotopic (exact) mass is 339 g/mol. The zero-order valence-electron chi connectivity index (χ0n) is 15.2. The number of nitrogens with zero attached hydrogens (tertiary/aromatic N) is 3. The second kappa shape index (κ2) is 5.97. The minimum atomic E-state index is -0.154. The van der Waals surface area contributed by atoms with Crippen LogP contribution in [0.3, 0.4) is 0 Å². The van der Waals surface area contributed by atoms with Crippen LogP contribution in [0.4, 0.5) is 0 Å². The molecule has 0 N–H and O–H groups in total. The summed E-state index contributed by atoms with van der Waals surface area (Å²) < 4.78 is 5.67. The molecule has 0 unspecified atom stereocenters. The van der Waals surface area contributed by atoms with Gasteiger partial charge in [0.2, 0.25) is 5.89 Å². The lowest BCUT2D eigenvalue weighted by molar-refractivity contribution is 0.0774. The van der Waals surface area contributed by atoms with Gasteiger partial charge in [-0.1, -0.05) is 43.6 Å². The Morgan fingerprint density at radius 3 is 2.88 bits per heavy atom. The summed E-state index contributed by atoms with van der Waals surface area (Å²) in [6.07, 6.45) is 3.31. The first-order chi connectivity index (χ1) is 12.0. The van der Waals surface area contributed by atoms with E-state index in [2.05, 4.69) is 19.0 Å². The van der Waals surface area contributed by atoms with E-state index in [1.807, 2.05) is 36.1 Å². The van der Waals surface area contributed by atoms with Crippen LogP contribution in [0.2, 0.25) is 0 Å². The minimum Gasteiger partial charge on any atom is -0.339 e. The van der Waals surface area contributed by atoms with Crippen LogP contribution in [-0.4, -0.2) is 34.0 Å². The van der Waals surface area contributed by atoms with Gasteiger partial charge in [-0.05, 0) is 37.3 Å². The van der Waals surface area contributed by atoms with Gasteiger partial charge in [-0.25, -0.2) is 0 Å². The maximum Gasteiger partial charge on any atom is 0.254 e. The zero-order valence-corrected chi connectivity index (χ0v) is 15.2. The van der Waals surface area contributed by atoms with Gasteiger partial charge in [-0.2, -0.15) is 4.98 Å². The molecule has 5 heteroatoms. The molecule has 25 heavy (non-hydrogen) atoms. The molecule has 5 nitrogen and oxygen atoms in total. The lowest BCUT2D eigenvalue weighted by atomic mass is 9.80. The fourth-order valence-electron chi connectivity index (χ4n) is 4.45. The molecule has 1 aliphatic heterocycles.